The minimum absolute atomic E-state index is 0.165. The Hall–Kier alpha value is -1.79. The Labute approximate surface area is 170 Å². The van der Waals surface area contributed by atoms with Crippen LogP contribution in [0.3, 0.4) is 0 Å². The first-order valence-corrected chi connectivity index (χ1v) is 11.3. The number of carbonyl (C=O) groups excluding carboxylic acids is 2. The van der Waals surface area contributed by atoms with E-state index in [1.165, 1.54) is 25.7 Å². The number of carbonyl (C=O) groups is 2. The molecule has 0 radical (unpaired) electrons. The molecule has 0 spiro atoms. The highest BCUT2D eigenvalue weighted by Crippen LogP contribution is 2.27. The number of likely N-dealkylation sites (tertiary alicyclic amines) is 1. The smallest absolute Gasteiger partial charge is 0.222 e. The lowest BCUT2D eigenvalue weighted by Crippen LogP contribution is -2.41. The highest BCUT2D eigenvalue weighted by molar-refractivity contribution is 5.80. The summed E-state index contributed by atoms with van der Waals surface area (Å²) in [4.78, 5) is 30.6. The monoisotopic (exact) mass is 393 g/mol. The number of aliphatic imine (C=N–C) groups is 1. The van der Waals surface area contributed by atoms with E-state index < -0.39 is 0 Å². The standard InChI is InChI=1S/C21H39N5O2/c1-2-22-21(24-12-8-16-26-15-7-3-4-11-20(26)28)25-14-13-23-19(27)17-18-9-5-6-10-18/h18H,2-17H2,1H3,(H,23,27)(H2,22,24,25). The molecule has 0 atom stereocenters. The zero-order chi connectivity index (χ0) is 20.0. The quantitative estimate of drug-likeness (QED) is 0.301. The number of hydrogen-bond donors (Lipinski definition) is 3. The van der Waals surface area contributed by atoms with Crippen molar-refractivity contribution in [3.8, 4) is 0 Å². The van der Waals surface area contributed by atoms with Crippen LogP contribution in [-0.4, -0.2) is 61.9 Å². The molecular weight excluding hydrogens is 354 g/mol. The summed E-state index contributed by atoms with van der Waals surface area (Å²) in [6, 6.07) is 0. The van der Waals surface area contributed by atoms with Gasteiger partial charge in [-0.2, -0.15) is 0 Å². The van der Waals surface area contributed by atoms with Gasteiger partial charge < -0.3 is 20.9 Å². The second kappa shape index (κ2) is 13.4. The van der Waals surface area contributed by atoms with E-state index in [0.29, 0.717) is 44.3 Å². The van der Waals surface area contributed by atoms with Crippen LogP contribution in [0, 0.1) is 5.92 Å². The van der Waals surface area contributed by atoms with Gasteiger partial charge in [0.1, 0.15) is 0 Å². The van der Waals surface area contributed by atoms with E-state index in [0.717, 1.165) is 51.3 Å². The Kier molecular flexibility index (Phi) is 10.8. The summed E-state index contributed by atoms with van der Waals surface area (Å²) in [5, 5.41) is 9.50. The van der Waals surface area contributed by atoms with Gasteiger partial charge in [0.25, 0.3) is 0 Å². The van der Waals surface area contributed by atoms with Crippen molar-refractivity contribution in [3.63, 3.8) is 0 Å². The van der Waals surface area contributed by atoms with Crippen molar-refractivity contribution in [1.82, 2.24) is 20.9 Å². The molecule has 3 N–H and O–H groups in total. The average Bonchev–Trinajstić information content (AvgIpc) is 3.10. The van der Waals surface area contributed by atoms with Crippen LogP contribution in [0.5, 0.6) is 0 Å². The van der Waals surface area contributed by atoms with Crippen molar-refractivity contribution in [2.24, 2.45) is 10.9 Å². The molecule has 1 saturated carbocycles. The summed E-state index contributed by atoms with van der Waals surface area (Å²) < 4.78 is 0. The summed E-state index contributed by atoms with van der Waals surface area (Å²) in [5.41, 5.74) is 0. The normalized spacial score (nSPS) is 18.8. The molecular formula is C21H39N5O2. The second-order valence-electron chi connectivity index (χ2n) is 7.94. The zero-order valence-electron chi connectivity index (χ0n) is 17.6. The Morgan fingerprint density at radius 1 is 1.07 bits per heavy atom. The molecule has 7 heteroatoms. The molecule has 2 amide bonds. The van der Waals surface area contributed by atoms with Crippen molar-refractivity contribution in [2.45, 2.75) is 71.1 Å². The van der Waals surface area contributed by atoms with Crippen molar-refractivity contribution in [2.75, 3.05) is 39.3 Å². The number of rotatable bonds is 10. The summed E-state index contributed by atoms with van der Waals surface area (Å²) in [6.45, 7) is 6.47. The number of nitrogens with one attached hydrogen (secondary N) is 3. The molecule has 2 aliphatic rings. The van der Waals surface area contributed by atoms with Crippen LogP contribution in [-0.2, 0) is 9.59 Å². The van der Waals surface area contributed by atoms with Gasteiger partial charge in [0.2, 0.25) is 11.8 Å². The van der Waals surface area contributed by atoms with Crippen molar-refractivity contribution >= 4 is 17.8 Å². The highest BCUT2D eigenvalue weighted by atomic mass is 16.2. The van der Waals surface area contributed by atoms with Crippen LogP contribution in [0.25, 0.3) is 0 Å². The first-order chi connectivity index (χ1) is 13.7. The maximum absolute atomic E-state index is 12.0. The highest BCUT2D eigenvalue weighted by Gasteiger charge is 2.18. The summed E-state index contributed by atoms with van der Waals surface area (Å²) in [6.07, 6.45) is 10.5. The molecule has 2 rings (SSSR count). The predicted molar refractivity (Wildman–Crippen MR) is 113 cm³/mol. The van der Waals surface area contributed by atoms with Gasteiger partial charge in [-0.05, 0) is 44.9 Å². The van der Waals surface area contributed by atoms with Gasteiger partial charge >= 0.3 is 0 Å². The fraction of sp³-hybridized carbons (Fsp3) is 0.857. The SMILES string of the molecule is CCNC(=NCCCN1CCCCCC1=O)NCCNC(=O)CC1CCCC1. The van der Waals surface area contributed by atoms with Crippen LogP contribution >= 0.6 is 0 Å². The molecule has 1 aliphatic carbocycles. The Morgan fingerprint density at radius 3 is 2.64 bits per heavy atom. The number of nitrogens with zero attached hydrogens (tertiary/aromatic N) is 2. The fourth-order valence-corrected chi connectivity index (χ4v) is 4.00. The third kappa shape index (κ3) is 8.93. The van der Waals surface area contributed by atoms with Gasteiger partial charge in [0, 0.05) is 52.1 Å². The van der Waals surface area contributed by atoms with Crippen LogP contribution in [0.4, 0.5) is 0 Å². The maximum Gasteiger partial charge on any atom is 0.222 e. The van der Waals surface area contributed by atoms with Gasteiger partial charge in [0.05, 0.1) is 0 Å². The minimum atomic E-state index is 0.165. The molecule has 160 valence electrons. The minimum Gasteiger partial charge on any atom is -0.357 e. The fourth-order valence-electron chi connectivity index (χ4n) is 4.00. The molecule has 0 aromatic carbocycles. The molecule has 1 heterocycles. The van der Waals surface area contributed by atoms with Crippen molar-refractivity contribution < 1.29 is 9.59 Å². The lowest BCUT2D eigenvalue weighted by Gasteiger charge is -2.20. The zero-order valence-corrected chi connectivity index (χ0v) is 17.6. The lowest BCUT2D eigenvalue weighted by atomic mass is 10.0. The second-order valence-corrected chi connectivity index (χ2v) is 7.94. The largest absolute Gasteiger partial charge is 0.357 e. The van der Waals surface area contributed by atoms with Crippen LogP contribution in [0.15, 0.2) is 4.99 Å². The van der Waals surface area contributed by atoms with E-state index in [-0.39, 0.29) is 5.91 Å². The molecule has 1 saturated heterocycles. The Morgan fingerprint density at radius 2 is 1.86 bits per heavy atom. The van der Waals surface area contributed by atoms with Gasteiger partial charge in [-0.15, -0.1) is 0 Å². The molecule has 0 aromatic rings. The van der Waals surface area contributed by atoms with E-state index in [1.807, 2.05) is 11.8 Å². The summed E-state index contributed by atoms with van der Waals surface area (Å²) in [5.74, 6) is 1.82. The van der Waals surface area contributed by atoms with E-state index in [4.69, 9.17) is 0 Å². The number of guanidine groups is 1. The van der Waals surface area contributed by atoms with Gasteiger partial charge in [-0.3, -0.25) is 14.6 Å². The lowest BCUT2D eigenvalue weighted by molar-refractivity contribution is -0.130. The van der Waals surface area contributed by atoms with Crippen LogP contribution < -0.4 is 16.0 Å². The van der Waals surface area contributed by atoms with Gasteiger partial charge in [0.15, 0.2) is 5.96 Å². The molecule has 1 aliphatic heterocycles. The van der Waals surface area contributed by atoms with Crippen LogP contribution in [0.2, 0.25) is 0 Å². The number of amides is 2. The van der Waals surface area contributed by atoms with Crippen molar-refractivity contribution in [3.05, 3.63) is 0 Å². The third-order valence-corrected chi connectivity index (χ3v) is 5.56. The maximum atomic E-state index is 12.0. The molecule has 28 heavy (non-hydrogen) atoms. The molecule has 2 fully saturated rings. The van der Waals surface area contributed by atoms with Gasteiger partial charge in [-0.1, -0.05) is 19.3 Å². The Balaban J connectivity index is 1.60. The first-order valence-electron chi connectivity index (χ1n) is 11.3. The van der Waals surface area contributed by atoms with Crippen molar-refractivity contribution in [1.29, 1.82) is 0 Å². The van der Waals surface area contributed by atoms with E-state index >= 15 is 0 Å². The molecule has 0 unspecified atom stereocenters. The molecule has 0 bridgehead atoms. The topological polar surface area (TPSA) is 85.8 Å². The predicted octanol–water partition coefficient (Wildman–Crippen LogP) is 2.03. The number of hydrogen-bond acceptors (Lipinski definition) is 3. The van der Waals surface area contributed by atoms with Gasteiger partial charge in [-0.25, -0.2) is 0 Å². The molecule has 7 nitrogen and oxygen atoms in total. The average molecular weight is 394 g/mol. The summed E-state index contributed by atoms with van der Waals surface area (Å²) in [7, 11) is 0. The molecule has 0 aromatic heterocycles. The van der Waals surface area contributed by atoms with E-state index in [1.54, 1.807) is 0 Å². The Bertz CT molecular complexity index is 503. The van der Waals surface area contributed by atoms with E-state index in [2.05, 4.69) is 20.9 Å². The third-order valence-electron chi connectivity index (χ3n) is 5.56. The summed E-state index contributed by atoms with van der Waals surface area (Å²) >= 11 is 0. The van der Waals surface area contributed by atoms with E-state index in [9.17, 15) is 9.59 Å². The van der Waals surface area contributed by atoms with Crippen LogP contribution in [0.1, 0.15) is 71.1 Å². The first kappa shape index (κ1) is 22.5.